The maximum atomic E-state index is 12.4. The van der Waals surface area contributed by atoms with Gasteiger partial charge < -0.3 is 14.8 Å². The van der Waals surface area contributed by atoms with Crippen molar-refractivity contribution in [2.45, 2.75) is 45.6 Å². The monoisotopic (exact) mass is 336 g/mol. The van der Waals surface area contributed by atoms with Gasteiger partial charge in [-0.25, -0.2) is 4.98 Å². The minimum atomic E-state index is -0.931. The number of carboxylic acids is 1. The number of carboxylic acid groups (broad SMARTS) is 1. The van der Waals surface area contributed by atoms with Crippen molar-refractivity contribution in [3.63, 3.8) is 0 Å². The molecule has 2 heterocycles. The molecule has 0 saturated carbocycles. The van der Waals surface area contributed by atoms with Gasteiger partial charge in [0.15, 0.2) is 10.8 Å². The number of aliphatic carboxylic acids is 1. The zero-order valence-electron chi connectivity index (χ0n) is 13.4. The summed E-state index contributed by atoms with van der Waals surface area (Å²) in [6.45, 7) is 5.57. The third kappa shape index (κ3) is 3.98. The van der Waals surface area contributed by atoms with Crippen LogP contribution in [-0.4, -0.2) is 27.5 Å². The zero-order chi connectivity index (χ0) is 17.0. The van der Waals surface area contributed by atoms with Crippen LogP contribution in [-0.2, 0) is 4.79 Å². The van der Waals surface area contributed by atoms with Crippen LogP contribution in [0.2, 0.25) is 0 Å². The summed E-state index contributed by atoms with van der Waals surface area (Å²) in [5.41, 5.74) is -0.482. The van der Waals surface area contributed by atoms with E-state index in [1.54, 1.807) is 5.38 Å². The van der Waals surface area contributed by atoms with Crippen LogP contribution in [0, 0.1) is 6.92 Å². The van der Waals surface area contributed by atoms with Crippen molar-refractivity contribution in [3.05, 3.63) is 29.0 Å². The quantitative estimate of drug-likeness (QED) is 0.807. The number of furan rings is 1. The number of aromatic nitrogens is 1. The molecular formula is C16H20N2O4S. The predicted octanol–water partition coefficient (Wildman–Crippen LogP) is 3.47. The van der Waals surface area contributed by atoms with Crippen LogP contribution in [0.25, 0.3) is 10.8 Å². The molecular weight excluding hydrogens is 316 g/mol. The smallest absolute Gasteiger partial charge is 0.305 e. The Kier molecular flexibility index (Phi) is 5.20. The molecule has 0 aliphatic heterocycles. The Morgan fingerprint density at radius 3 is 2.57 bits per heavy atom. The van der Waals surface area contributed by atoms with Gasteiger partial charge in [0.1, 0.15) is 11.5 Å². The van der Waals surface area contributed by atoms with E-state index >= 15 is 0 Å². The minimum Gasteiger partial charge on any atom is -0.481 e. The van der Waals surface area contributed by atoms with E-state index in [1.165, 1.54) is 11.3 Å². The van der Waals surface area contributed by atoms with Gasteiger partial charge in [-0.1, -0.05) is 13.8 Å². The third-order valence-corrected chi connectivity index (χ3v) is 4.77. The van der Waals surface area contributed by atoms with Crippen molar-refractivity contribution >= 4 is 23.2 Å². The number of thiazole rings is 1. The van der Waals surface area contributed by atoms with Crippen molar-refractivity contribution < 1.29 is 19.1 Å². The van der Waals surface area contributed by atoms with Gasteiger partial charge in [0.2, 0.25) is 0 Å². The second-order valence-corrected chi connectivity index (χ2v) is 6.32. The second kappa shape index (κ2) is 6.95. The summed E-state index contributed by atoms with van der Waals surface area (Å²) in [6, 6.07) is 3.64. The number of rotatable bonds is 7. The molecule has 0 fully saturated rings. The SMILES string of the molecule is CCC(CC)(CC(=O)O)NC(=O)c1csc(-c2ccc(C)o2)n1. The Hall–Kier alpha value is -2.15. The molecule has 6 nitrogen and oxygen atoms in total. The molecule has 0 spiro atoms. The molecule has 0 aliphatic carbocycles. The number of hydrogen-bond acceptors (Lipinski definition) is 5. The van der Waals surface area contributed by atoms with Crippen LogP contribution in [0.3, 0.4) is 0 Å². The van der Waals surface area contributed by atoms with E-state index in [9.17, 15) is 9.59 Å². The van der Waals surface area contributed by atoms with E-state index < -0.39 is 11.5 Å². The van der Waals surface area contributed by atoms with Crippen LogP contribution >= 0.6 is 11.3 Å². The second-order valence-electron chi connectivity index (χ2n) is 5.46. The average molecular weight is 336 g/mol. The highest BCUT2D eigenvalue weighted by Crippen LogP contribution is 2.26. The van der Waals surface area contributed by atoms with Crippen molar-refractivity contribution in [3.8, 4) is 10.8 Å². The summed E-state index contributed by atoms with van der Waals surface area (Å²) in [6.07, 6.45) is 0.964. The Bertz CT molecular complexity index is 701. The first-order chi connectivity index (χ1) is 10.9. The normalized spacial score (nSPS) is 11.4. The lowest BCUT2D eigenvalue weighted by Gasteiger charge is -2.31. The van der Waals surface area contributed by atoms with Gasteiger partial charge in [0.05, 0.1) is 12.0 Å². The van der Waals surface area contributed by atoms with Gasteiger partial charge in [-0.15, -0.1) is 11.3 Å². The fraction of sp³-hybridized carbons (Fsp3) is 0.438. The highest BCUT2D eigenvalue weighted by atomic mass is 32.1. The molecule has 124 valence electrons. The van der Waals surface area contributed by atoms with Crippen molar-refractivity contribution in [1.82, 2.24) is 10.3 Å². The number of amides is 1. The molecule has 2 aromatic heterocycles. The van der Waals surface area contributed by atoms with E-state index in [4.69, 9.17) is 9.52 Å². The lowest BCUT2D eigenvalue weighted by molar-refractivity contribution is -0.138. The Labute approximate surface area is 138 Å². The summed E-state index contributed by atoms with van der Waals surface area (Å²) < 4.78 is 5.50. The van der Waals surface area contributed by atoms with Crippen LogP contribution in [0.1, 0.15) is 49.4 Å². The summed E-state index contributed by atoms with van der Waals surface area (Å²) in [7, 11) is 0. The number of hydrogen-bond donors (Lipinski definition) is 2. The highest BCUT2D eigenvalue weighted by molar-refractivity contribution is 7.13. The van der Waals surface area contributed by atoms with E-state index in [0.29, 0.717) is 23.6 Å². The fourth-order valence-corrected chi connectivity index (χ4v) is 3.12. The standard InChI is InChI=1S/C16H20N2O4S/c1-4-16(5-2,8-13(19)20)18-14(21)11-9-23-15(17-11)12-7-6-10(3)22-12/h6-7,9H,4-5,8H2,1-3H3,(H,18,21)(H,19,20). The highest BCUT2D eigenvalue weighted by Gasteiger charge is 2.32. The predicted molar refractivity (Wildman–Crippen MR) is 87.6 cm³/mol. The van der Waals surface area contributed by atoms with Gasteiger partial charge in [0.25, 0.3) is 5.91 Å². The number of aryl methyl sites for hydroxylation is 1. The maximum Gasteiger partial charge on any atom is 0.305 e. The number of nitrogens with zero attached hydrogens (tertiary/aromatic N) is 1. The molecule has 2 N–H and O–H groups in total. The van der Waals surface area contributed by atoms with E-state index in [1.807, 2.05) is 32.9 Å². The lowest BCUT2D eigenvalue weighted by Crippen LogP contribution is -2.49. The van der Waals surface area contributed by atoms with Gasteiger partial charge in [-0.2, -0.15) is 0 Å². The van der Waals surface area contributed by atoms with E-state index in [0.717, 1.165) is 5.76 Å². The van der Waals surface area contributed by atoms with Crippen LogP contribution < -0.4 is 5.32 Å². The van der Waals surface area contributed by atoms with Crippen molar-refractivity contribution in [1.29, 1.82) is 0 Å². The summed E-state index contributed by atoms with van der Waals surface area (Å²) in [5.74, 6) is 0.104. The van der Waals surface area contributed by atoms with E-state index in [-0.39, 0.29) is 18.0 Å². The molecule has 1 amide bonds. The number of nitrogens with one attached hydrogen (secondary N) is 1. The zero-order valence-corrected chi connectivity index (χ0v) is 14.2. The maximum absolute atomic E-state index is 12.4. The third-order valence-electron chi connectivity index (χ3n) is 3.91. The molecule has 23 heavy (non-hydrogen) atoms. The average Bonchev–Trinajstić information content (AvgIpc) is 3.14. The first kappa shape index (κ1) is 17.2. The molecule has 0 aliphatic rings. The summed E-state index contributed by atoms with van der Waals surface area (Å²) >= 11 is 1.32. The van der Waals surface area contributed by atoms with Gasteiger partial charge in [-0.3, -0.25) is 9.59 Å². The first-order valence-corrected chi connectivity index (χ1v) is 8.33. The minimum absolute atomic E-state index is 0.111. The molecule has 2 rings (SSSR count). The molecule has 0 saturated heterocycles. The molecule has 0 unspecified atom stereocenters. The lowest BCUT2D eigenvalue weighted by atomic mass is 9.89. The van der Waals surface area contributed by atoms with Gasteiger partial charge >= 0.3 is 5.97 Å². The Balaban J connectivity index is 2.17. The fourth-order valence-electron chi connectivity index (χ4n) is 2.36. The largest absolute Gasteiger partial charge is 0.481 e. The summed E-state index contributed by atoms with van der Waals surface area (Å²) in [4.78, 5) is 27.8. The molecule has 0 atom stereocenters. The van der Waals surface area contributed by atoms with Crippen LogP contribution in [0.15, 0.2) is 21.9 Å². The van der Waals surface area contributed by atoms with Gasteiger partial charge in [0, 0.05) is 5.38 Å². The number of carbonyl (C=O) groups excluding carboxylic acids is 1. The van der Waals surface area contributed by atoms with Crippen molar-refractivity contribution in [2.75, 3.05) is 0 Å². The van der Waals surface area contributed by atoms with Gasteiger partial charge in [-0.05, 0) is 31.9 Å². The number of carbonyl (C=O) groups is 2. The molecule has 7 heteroatoms. The van der Waals surface area contributed by atoms with Crippen LogP contribution in [0.4, 0.5) is 0 Å². The van der Waals surface area contributed by atoms with Crippen LogP contribution in [0.5, 0.6) is 0 Å². The Morgan fingerprint density at radius 1 is 1.35 bits per heavy atom. The topological polar surface area (TPSA) is 92.4 Å². The summed E-state index contributed by atoms with van der Waals surface area (Å²) in [5, 5.41) is 14.2. The van der Waals surface area contributed by atoms with Crippen molar-refractivity contribution in [2.24, 2.45) is 0 Å². The van der Waals surface area contributed by atoms with E-state index in [2.05, 4.69) is 10.3 Å². The Morgan fingerprint density at radius 2 is 2.04 bits per heavy atom. The molecule has 0 bridgehead atoms. The molecule has 2 aromatic rings. The molecule has 0 aromatic carbocycles. The molecule has 0 radical (unpaired) electrons. The first-order valence-electron chi connectivity index (χ1n) is 7.45.